The molecule has 0 unspecified atom stereocenters. The highest BCUT2D eigenvalue weighted by molar-refractivity contribution is 5.98. The summed E-state index contributed by atoms with van der Waals surface area (Å²) in [5.74, 6) is 0.315. The second kappa shape index (κ2) is 5.83. The van der Waals surface area contributed by atoms with Crippen molar-refractivity contribution >= 4 is 11.8 Å². The van der Waals surface area contributed by atoms with Crippen LogP contribution in [0.4, 0.5) is 0 Å². The van der Waals surface area contributed by atoms with E-state index < -0.39 is 0 Å². The summed E-state index contributed by atoms with van der Waals surface area (Å²) < 4.78 is 0. The van der Waals surface area contributed by atoms with Gasteiger partial charge in [0.05, 0.1) is 0 Å². The molecule has 0 spiro atoms. The maximum atomic E-state index is 12.0. The summed E-state index contributed by atoms with van der Waals surface area (Å²) in [5.41, 5.74) is 0. The normalized spacial score (nSPS) is 30.9. The lowest BCUT2D eigenvalue weighted by molar-refractivity contribution is -0.153. The number of imide groups is 1. The summed E-state index contributed by atoms with van der Waals surface area (Å²) in [5, 5.41) is 3.45. The predicted octanol–water partition coefficient (Wildman–Crippen LogP) is 1.69. The molecule has 1 N–H and O–H groups in total. The highest BCUT2D eigenvalue weighted by Crippen LogP contribution is 2.28. The van der Waals surface area contributed by atoms with Gasteiger partial charge in [0.25, 0.3) is 0 Å². The average Bonchev–Trinajstić information content (AvgIpc) is 2.30. The van der Waals surface area contributed by atoms with Crippen LogP contribution in [0.1, 0.15) is 52.4 Å². The third-order valence-corrected chi connectivity index (χ3v) is 4.14. The zero-order valence-corrected chi connectivity index (χ0v) is 11.4. The summed E-state index contributed by atoms with van der Waals surface area (Å²) in [6.45, 7) is 5.09. The Kier molecular flexibility index (Phi) is 4.38. The lowest BCUT2D eigenvalue weighted by atomic mass is 9.87. The summed E-state index contributed by atoms with van der Waals surface area (Å²) in [6, 6.07) is 0.729. The van der Waals surface area contributed by atoms with Crippen LogP contribution in [-0.4, -0.2) is 35.3 Å². The van der Waals surface area contributed by atoms with Gasteiger partial charge in [-0.2, -0.15) is 0 Å². The molecule has 1 aliphatic carbocycles. The summed E-state index contributed by atoms with van der Waals surface area (Å²) >= 11 is 0. The van der Waals surface area contributed by atoms with Crippen LogP contribution in [0.3, 0.4) is 0 Å². The first-order chi connectivity index (χ1) is 8.61. The van der Waals surface area contributed by atoms with Crippen LogP contribution in [-0.2, 0) is 9.59 Å². The third kappa shape index (κ3) is 2.91. The fraction of sp³-hybridized carbons (Fsp3) is 0.857. The minimum Gasteiger partial charge on any atom is -0.314 e. The molecule has 2 amide bonds. The Morgan fingerprint density at radius 1 is 1.11 bits per heavy atom. The van der Waals surface area contributed by atoms with E-state index in [1.54, 1.807) is 4.90 Å². The second-order valence-electron chi connectivity index (χ2n) is 5.73. The molecule has 1 saturated heterocycles. The van der Waals surface area contributed by atoms with Crippen molar-refractivity contribution in [2.75, 3.05) is 6.54 Å². The van der Waals surface area contributed by atoms with E-state index in [0.717, 1.165) is 32.2 Å². The van der Waals surface area contributed by atoms with Crippen LogP contribution in [0.15, 0.2) is 0 Å². The number of rotatable bonds is 3. The Labute approximate surface area is 109 Å². The summed E-state index contributed by atoms with van der Waals surface area (Å²) in [6.07, 6.45) is 5.15. The van der Waals surface area contributed by atoms with Crippen molar-refractivity contribution in [3.63, 3.8) is 0 Å². The Morgan fingerprint density at radius 2 is 1.67 bits per heavy atom. The molecule has 1 aliphatic heterocycles. The molecule has 4 heteroatoms. The molecule has 2 fully saturated rings. The van der Waals surface area contributed by atoms with Gasteiger partial charge in [-0.05, 0) is 38.1 Å². The Hall–Kier alpha value is -0.900. The van der Waals surface area contributed by atoms with Crippen molar-refractivity contribution in [2.24, 2.45) is 5.92 Å². The van der Waals surface area contributed by atoms with Gasteiger partial charge in [-0.15, -0.1) is 0 Å². The van der Waals surface area contributed by atoms with E-state index in [1.807, 2.05) is 6.92 Å². The van der Waals surface area contributed by atoms with Gasteiger partial charge in [0, 0.05) is 24.9 Å². The third-order valence-electron chi connectivity index (χ3n) is 4.14. The van der Waals surface area contributed by atoms with Crippen LogP contribution in [0.5, 0.6) is 0 Å². The predicted molar refractivity (Wildman–Crippen MR) is 70.0 cm³/mol. The summed E-state index contributed by atoms with van der Waals surface area (Å²) in [7, 11) is 0. The van der Waals surface area contributed by atoms with Gasteiger partial charge in [0.2, 0.25) is 11.8 Å². The smallest absolute Gasteiger partial charge is 0.229 e. The zero-order valence-electron chi connectivity index (χ0n) is 11.4. The molecule has 2 aliphatic rings. The molecule has 0 radical (unpaired) electrons. The van der Waals surface area contributed by atoms with Crippen molar-refractivity contribution in [1.29, 1.82) is 0 Å². The first kappa shape index (κ1) is 13.5. The van der Waals surface area contributed by atoms with Crippen LogP contribution < -0.4 is 5.32 Å². The SMILES string of the molecule is CCNC1CCC(N2C(=O)CC(C)CC2=O)CC1. The number of nitrogens with one attached hydrogen (secondary N) is 1. The number of likely N-dealkylation sites (tertiary alicyclic amines) is 1. The van der Waals surface area contributed by atoms with Crippen molar-refractivity contribution in [3.05, 3.63) is 0 Å². The molecule has 0 aromatic rings. The molecule has 1 saturated carbocycles. The average molecular weight is 252 g/mol. The van der Waals surface area contributed by atoms with Gasteiger partial charge >= 0.3 is 0 Å². The fourth-order valence-corrected chi connectivity index (χ4v) is 3.24. The lowest BCUT2D eigenvalue weighted by Crippen LogP contribution is -2.51. The molecule has 0 aromatic carbocycles. The fourth-order valence-electron chi connectivity index (χ4n) is 3.24. The number of carbonyl (C=O) groups is 2. The monoisotopic (exact) mass is 252 g/mol. The minimum atomic E-state index is 0.0469. The number of nitrogens with zero attached hydrogens (tertiary/aromatic N) is 1. The maximum absolute atomic E-state index is 12.0. The van der Waals surface area contributed by atoms with Crippen molar-refractivity contribution in [1.82, 2.24) is 10.2 Å². The molecule has 0 atom stereocenters. The van der Waals surface area contributed by atoms with E-state index >= 15 is 0 Å². The van der Waals surface area contributed by atoms with Gasteiger partial charge in [-0.25, -0.2) is 0 Å². The molecular weight excluding hydrogens is 228 g/mol. The largest absolute Gasteiger partial charge is 0.314 e. The number of hydrogen-bond donors (Lipinski definition) is 1. The number of carbonyl (C=O) groups excluding carboxylic acids is 2. The summed E-state index contributed by atoms with van der Waals surface area (Å²) in [4.78, 5) is 25.6. The van der Waals surface area contributed by atoms with Crippen LogP contribution in [0.25, 0.3) is 0 Å². The number of piperidine rings is 1. The quantitative estimate of drug-likeness (QED) is 0.778. The molecular formula is C14H24N2O2. The van der Waals surface area contributed by atoms with E-state index in [9.17, 15) is 9.59 Å². The van der Waals surface area contributed by atoms with Gasteiger partial charge in [-0.3, -0.25) is 14.5 Å². The molecule has 2 rings (SSSR count). The van der Waals surface area contributed by atoms with E-state index in [4.69, 9.17) is 0 Å². The standard InChI is InChI=1S/C14H24N2O2/c1-3-15-11-4-6-12(7-5-11)16-13(17)8-10(2)9-14(16)18/h10-12,15H,3-9H2,1-2H3. The van der Waals surface area contributed by atoms with Gasteiger partial charge in [-0.1, -0.05) is 13.8 Å². The minimum absolute atomic E-state index is 0.0469. The first-order valence-corrected chi connectivity index (χ1v) is 7.20. The number of amides is 2. The Balaban J connectivity index is 1.92. The highest BCUT2D eigenvalue weighted by Gasteiger charge is 2.36. The van der Waals surface area contributed by atoms with Crippen LogP contribution in [0.2, 0.25) is 0 Å². The van der Waals surface area contributed by atoms with E-state index in [1.165, 1.54) is 0 Å². The molecule has 1 heterocycles. The lowest BCUT2D eigenvalue weighted by Gasteiger charge is -2.38. The molecule has 0 aromatic heterocycles. The van der Waals surface area contributed by atoms with Crippen LogP contribution in [0, 0.1) is 5.92 Å². The number of hydrogen-bond acceptors (Lipinski definition) is 3. The Morgan fingerprint density at radius 3 is 2.17 bits per heavy atom. The van der Waals surface area contributed by atoms with Crippen molar-refractivity contribution < 1.29 is 9.59 Å². The van der Waals surface area contributed by atoms with E-state index in [2.05, 4.69) is 12.2 Å². The van der Waals surface area contributed by atoms with E-state index in [-0.39, 0.29) is 23.8 Å². The molecule has 4 nitrogen and oxygen atoms in total. The van der Waals surface area contributed by atoms with Gasteiger partial charge < -0.3 is 5.32 Å². The molecule has 0 bridgehead atoms. The highest BCUT2D eigenvalue weighted by atomic mass is 16.2. The van der Waals surface area contributed by atoms with Gasteiger partial charge in [0.15, 0.2) is 0 Å². The van der Waals surface area contributed by atoms with Crippen molar-refractivity contribution in [3.8, 4) is 0 Å². The second-order valence-corrected chi connectivity index (χ2v) is 5.73. The molecule has 102 valence electrons. The van der Waals surface area contributed by atoms with Crippen LogP contribution >= 0.6 is 0 Å². The van der Waals surface area contributed by atoms with E-state index in [0.29, 0.717) is 18.9 Å². The Bertz CT molecular complexity index is 304. The maximum Gasteiger partial charge on any atom is 0.229 e. The first-order valence-electron chi connectivity index (χ1n) is 7.20. The van der Waals surface area contributed by atoms with Gasteiger partial charge in [0.1, 0.15) is 0 Å². The molecule has 18 heavy (non-hydrogen) atoms. The zero-order chi connectivity index (χ0) is 13.1. The topological polar surface area (TPSA) is 49.4 Å². The van der Waals surface area contributed by atoms with Crippen molar-refractivity contribution in [2.45, 2.75) is 64.5 Å².